The number of aromatic nitrogens is 2. The molecule has 2 aromatic rings. The second-order valence-electron chi connectivity index (χ2n) is 6.29. The molecule has 1 fully saturated rings. The van der Waals surface area contributed by atoms with Gasteiger partial charge in [0, 0.05) is 30.4 Å². The molecule has 1 aliphatic heterocycles. The van der Waals surface area contributed by atoms with Crippen molar-refractivity contribution in [2.75, 3.05) is 18.8 Å². The van der Waals surface area contributed by atoms with Crippen molar-refractivity contribution in [2.24, 2.45) is 5.92 Å². The molecule has 0 spiro atoms. The fraction of sp³-hybridized carbons (Fsp3) is 0.412. The minimum atomic E-state index is -0.498. The van der Waals surface area contributed by atoms with Crippen molar-refractivity contribution in [3.05, 3.63) is 47.3 Å². The van der Waals surface area contributed by atoms with Crippen LogP contribution in [-0.4, -0.2) is 45.3 Å². The second-order valence-corrected chi connectivity index (χ2v) is 6.29. The van der Waals surface area contributed by atoms with Crippen LogP contribution in [0.15, 0.2) is 30.3 Å². The third kappa shape index (κ3) is 3.71. The van der Waals surface area contributed by atoms with Crippen LogP contribution >= 0.6 is 0 Å². The lowest BCUT2D eigenvalue weighted by Gasteiger charge is -2.16. The van der Waals surface area contributed by atoms with Crippen LogP contribution in [0, 0.1) is 12.8 Å². The smallest absolute Gasteiger partial charge is 0.227 e. The number of nitrogens with one attached hydrogen (secondary N) is 1. The van der Waals surface area contributed by atoms with Crippen LogP contribution in [0.1, 0.15) is 17.0 Å². The van der Waals surface area contributed by atoms with E-state index in [9.17, 15) is 9.90 Å². The SMILES string of the molecule is Cc1cc(CC2CN(C(=O)Cc3ccc(N)cc3)CC2O)n[nH]1. The van der Waals surface area contributed by atoms with E-state index in [4.69, 9.17) is 5.73 Å². The maximum atomic E-state index is 12.4. The molecule has 4 N–H and O–H groups in total. The number of aliphatic hydroxyl groups excluding tert-OH is 1. The van der Waals surface area contributed by atoms with Crippen LogP contribution in [0.5, 0.6) is 0 Å². The standard InChI is InChI=1S/C17H22N4O2/c1-11-6-15(20-19-11)8-13-9-21(10-16(13)22)17(23)7-12-2-4-14(18)5-3-12/h2-6,13,16,22H,7-10,18H2,1H3,(H,19,20). The molecule has 2 unspecified atom stereocenters. The number of aryl methyl sites for hydroxylation is 1. The van der Waals surface area contributed by atoms with Gasteiger partial charge in [0.1, 0.15) is 0 Å². The normalized spacial score (nSPS) is 20.9. The van der Waals surface area contributed by atoms with Crippen molar-refractivity contribution in [3.63, 3.8) is 0 Å². The monoisotopic (exact) mass is 314 g/mol. The van der Waals surface area contributed by atoms with Gasteiger partial charge in [0.2, 0.25) is 5.91 Å². The van der Waals surface area contributed by atoms with Gasteiger partial charge in [0.05, 0.1) is 18.2 Å². The molecule has 2 atom stereocenters. The molecule has 0 radical (unpaired) electrons. The quantitative estimate of drug-likeness (QED) is 0.731. The topological polar surface area (TPSA) is 95.2 Å². The van der Waals surface area contributed by atoms with E-state index < -0.39 is 6.10 Å². The van der Waals surface area contributed by atoms with E-state index >= 15 is 0 Å². The molecule has 0 bridgehead atoms. The highest BCUT2D eigenvalue weighted by atomic mass is 16.3. The van der Waals surface area contributed by atoms with Crippen molar-refractivity contribution in [3.8, 4) is 0 Å². The van der Waals surface area contributed by atoms with Crippen molar-refractivity contribution in [2.45, 2.75) is 25.9 Å². The number of benzene rings is 1. The summed E-state index contributed by atoms with van der Waals surface area (Å²) in [6.45, 7) is 2.91. The highest BCUT2D eigenvalue weighted by Crippen LogP contribution is 2.22. The largest absolute Gasteiger partial charge is 0.399 e. The number of aromatic amines is 1. The van der Waals surface area contributed by atoms with Gasteiger partial charge < -0.3 is 15.7 Å². The summed E-state index contributed by atoms with van der Waals surface area (Å²) in [6, 6.07) is 9.30. The Morgan fingerprint density at radius 2 is 2.13 bits per heavy atom. The van der Waals surface area contributed by atoms with Crippen molar-refractivity contribution in [1.29, 1.82) is 0 Å². The Morgan fingerprint density at radius 3 is 2.78 bits per heavy atom. The predicted molar refractivity (Wildman–Crippen MR) is 87.7 cm³/mol. The lowest BCUT2D eigenvalue weighted by Crippen LogP contribution is -2.31. The molecule has 1 aliphatic rings. The molecule has 6 nitrogen and oxygen atoms in total. The van der Waals surface area contributed by atoms with E-state index in [1.807, 2.05) is 25.1 Å². The third-order valence-corrected chi connectivity index (χ3v) is 4.32. The molecule has 1 saturated heterocycles. The third-order valence-electron chi connectivity index (χ3n) is 4.32. The summed E-state index contributed by atoms with van der Waals surface area (Å²) in [4.78, 5) is 14.2. The maximum Gasteiger partial charge on any atom is 0.227 e. The lowest BCUT2D eigenvalue weighted by molar-refractivity contribution is -0.129. The average molecular weight is 314 g/mol. The molecule has 1 aromatic carbocycles. The first-order valence-corrected chi connectivity index (χ1v) is 7.82. The van der Waals surface area contributed by atoms with E-state index in [1.165, 1.54) is 0 Å². The maximum absolute atomic E-state index is 12.4. The van der Waals surface area contributed by atoms with Crippen molar-refractivity contribution in [1.82, 2.24) is 15.1 Å². The first-order valence-electron chi connectivity index (χ1n) is 7.82. The molecule has 0 aliphatic carbocycles. The summed E-state index contributed by atoms with van der Waals surface area (Å²) < 4.78 is 0. The molecule has 1 amide bonds. The Bertz CT molecular complexity index is 680. The minimum Gasteiger partial charge on any atom is -0.399 e. The summed E-state index contributed by atoms with van der Waals surface area (Å²) in [7, 11) is 0. The van der Waals surface area contributed by atoms with E-state index in [1.54, 1.807) is 17.0 Å². The number of nitrogens with zero attached hydrogens (tertiary/aromatic N) is 2. The highest BCUT2D eigenvalue weighted by Gasteiger charge is 2.34. The van der Waals surface area contributed by atoms with Crippen LogP contribution in [-0.2, 0) is 17.6 Å². The Hall–Kier alpha value is -2.34. The van der Waals surface area contributed by atoms with Gasteiger partial charge in [-0.15, -0.1) is 0 Å². The van der Waals surface area contributed by atoms with Crippen LogP contribution < -0.4 is 5.73 Å². The van der Waals surface area contributed by atoms with Crippen LogP contribution in [0.3, 0.4) is 0 Å². The number of aliphatic hydroxyl groups is 1. The zero-order chi connectivity index (χ0) is 16.4. The van der Waals surface area contributed by atoms with E-state index in [2.05, 4.69) is 10.2 Å². The van der Waals surface area contributed by atoms with Gasteiger partial charge in [-0.1, -0.05) is 12.1 Å². The molecule has 0 saturated carbocycles. The van der Waals surface area contributed by atoms with E-state index in [-0.39, 0.29) is 11.8 Å². The first-order chi connectivity index (χ1) is 11.0. The molecule has 23 heavy (non-hydrogen) atoms. The number of nitrogens with two attached hydrogens (primary N) is 1. The van der Waals surface area contributed by atoms with Crippen molar-refractivity contribution < 1.29 is 9.90 Å². The first kappa shape index (κ1) is 15.6. The summed E-state index contributed by atoms with van der Waals surface area (Å²) in [5.74, 6) is 0.0718. The van der Waals surface area contributed by atoms with Crippen LogP contribution in [0.4, 0.5) is 5.69 Å². The molecule has 1 aromatic heterocycles. The summed E-state index contributed by atoms with van der Waals surface area (Å²) in [6.07, 6.45) is 0.514. The molecule has 122 valence electrons. The molecular formula is C17H22N4O2. The molecule has 6 heteroatoms. The number of hydrogen-bond donors (Lipinski definition) is 3. The van der Waals surface area contributed by atoms with Gasteiger partial charge in [-0.25, -0.2) is 0 Å². The predicted octanol–water partition coefficient (Wildman–Crippen LogP) is 0.905. The summed E-state index contributed by atoms with van der Waals surface area (Å²) in [5, 5.41) is 17.3. The van der Waals surface area contributed by atoms with Gasteiger partial charge in [-0.2, -0.15) is 5.10 Å². The van der Waals surface area contributed by atoms with Gasteiger partial charge in [0.15, 0.2) is 0 Å². The van der Waals surface area contributed by atoms with Crippen LogP contribution in [0.25, 0.3) is 0 Å². The molecule has 3 rings (SSSR count). The number of anilines is 1. The van der Waals surface area contributed by atoms with E-state index in [0.717, 1.165) is 17.0 Å². The number of likely N-dealkylation sites (tertiary alicyclic amines) is 1. The summed E-state index contributed by atoms with van der Waals surface area (Å²) >= 11 is 0. The number of carbonyl (C=O) groups excluding carboxylic acids is 1. The molecular weight excluding hydrogens is 292 g/mol. The van der Waals surface area contributed by atoms with Gasteiger partial charge in [-0.3, -0.25) is 9.89 Å². The number of nitrogen functional groups attached to an aromatic ring is 1. The van der Waals surface area contributed by atoms with Gasteiger partial charge in [-0.05, 0) is 37.1 Å². The number of H-pyrrole nitrogens is 1. The number of β-amino-alcohol motifs (C(OH)–C–C–N with tert-alkyl or cyclic N) is 1. The number of hydrogen-bond acceptors (Lipinski definition) is 4. The highest BCUT2D eigenvalue weighted by molar-refractivity contribution is 5.79. The fourth-order valence-electron chi connectivity index (χ4n) is 3.03. The van der Waals surface area contributed by atoms with Crippen molar-refractivity contribution >= 4 is 11.6 Å². The number of amides is 1. The number of carbonyl (C=O) groups is 1. The Labute approximate surface area is 135 Å². The molecule has 2 heterocycles. The zero-order valence-electron chi connectivity index (χ0n) is 13.2. The minimum absolute atomic E-state index is 0.0352. The second kappa shape index (κ2) is 6.42. The fourth-order valence-corrected chi connectivity index (χ4v) is 3.03. The Balaban J connectivity index is 1.58. The van der Waals surface area contributed by atoms with E-state index in [0.29, 0.717) is 31.6 Å². The lowest BCUT2D eigenvalue weighted by atomic mass is 10.0. The van der Waals surface area contributed by atoms with Gasteiger partial charge in [0.25, 0.3) is 0 Å². The number of rotatable bonds is 4. The zero-order valence-corrected chi connectivity index (χ0v) is 13.2. The van der Waals surface area contributed by atoms with Crippen LogP contribution in [0.2, 0.25) is 0 Å². The average Bonchev–Trinajstić information content (AvgIpc) is 3.08. The van der Waals surface area contributed by atoms with Gasteiger partial charge >= 0.3 is 0 Å². The Morgan fingerprint density at radius 1 is 1.39 bits per heavy atom. The summed E-state index contributed by atoms with van der Waals surface area (Å²) in [5.41, 5.74) is 9.21. The Kier molecular flexibility index (Phi) is 4.34.